The third kappa shape index (κ3) is 6.43. The zero-order valence-electron chi connectivity index (χ0n) is 23.8. The molecule has 1 aromatic heterocycles. The van der Waals surface area contributed by atoms with E-state index in [-0.39, 0.29) is 16.4 Å². The van der Waals surface area contributed by atoms with Crippen LogP contribution in [0.25, 0.3) is 0 Å². The monoisotopic (exact) mass is 622 g/mol. The Morgan fingerprint density at radius 1 is 1.17 bits per heavy atom. The molecule has 10 nitrogen and oxygen atoms in total. The van der Waals surface area contributed by atoms with Crippen LogP contribution < -0.4 is 15.0 Å². The molecule has 1 fully saturated rings. The molecule has 42 heavy (non-hydrogen) atoms. The van der Waals surface area contributed by atoms with E-state index < -0.39 is 75.0 Å². The molecule has 2 amide bonds. The van der Waals surface area contributed by atoms with Crippen molar-refractivity contribution in [1.82, 2.24) is 4.98 Å². The summed E-state index contributed by atoms with van der Waals surface area (Å²) in [5.41, 5.74) is -4.13. The third-order valence-electron chi connectivity index (χ3n) is 6.62. The van der Waals surface area contributed by atoms with Crippen LogP contribution in [0, 0.1) is 11.6 Å². The highest BCUT2D eigenvalue weighted by atomic mass is 32.2. The second kappa shape index (κ2) is 11.6. The highest BCUT2D eigenvalue weighted by Crippen LogP contribution is 2.50. The van der Waals surface area contributed by atoms with E-state index >= 15 is 0 Å². The van der Waals surface area contributed by atoms with Gasteiger partial charge in [0.05, 0.1) is 18.8 Å². The fourth-order valence-electron chi connectivity index (χ4n) is 4.68. The van der Waals surface area contributed by atoms with Crippen molar-refractivity contribution in [2.45, 2.75) is 68.6 Å². The number of nitrogens with one attached hydrogen (secondary N) is 1. The van der Waals surface area contributed by atoms with Crippen LogP contribution in [0.2, 0.25) is 0 Å². The van der Waals surface area contributed by atoms with Gasteiger partial charge in [0.2, 0.25) is 11.7 Å². The van der Waals surface area contributed by atoms with Crippen molar-refractivity contribution in [1.29, 1.82) is 0 Å². The topological polar surface area (TPSA) is 119 Å². The van der Waals surface area contributed by atoms with Crippen LogP contribution in [-0.4, -0.2) is 71.1 Å². The number of hydrogen-bond donors (Lipinski definition) is 1. The van der Waals surface area contributed by atoms with E-state index in [2.05, 4.69) is 14.7 Å². The first-order valence-corrected chi connectivity index (χ1v) is 14.3. The largest absolute Gasteiger partial charge is 0.491 e. The maximum atomic E-state index is 14.6. The van der Waals surface area contributed by atoms with Gasteiger partial charge in [0.25, 0.3) is 0 Å². The average molecular weight is 623 g/mol. The van der Waals surface area contributed by atoms with Crippen molar-refractivity contribution in [2.75, 3.05) is 30.7 Å². The summed E-state index contributed by atoms with van der Waals surface area (Å²) in [6.45, 7) is 5.91. The van der Waals surface area contributed by atoms with Crippen LogP contribution in [-0.2, 0) is 24.0 Å². The molecule has 0 aliphatic carbocycles. The predicted octanol–water partition coefficient (Wildman–Crippen LogP) is 5.31. The molecule has 3 rings (SSSR count). The molecular weight excluding hydrogens is 591 g/mol. The molecule has 1 N–H and O–H groups in total. The Kier molecular flexibility index (Phi) is 9.13. The second-order valence-electron chi connectivity index (χ2n) is 10.6. The van der Waals surface area contributed by atoms with Gasteiger partial charge in [0.1, 0.15) is 26.4 Å². The Balaban J connectivity index is 2.05. The molecule has 232 valence electrons. The maximum Gasteiger partial charge on any atom is 0.442 e. The fourth-order valence-corrected chi connectivity index (χ4v) is 5.69. The lowest BCUT2D eigenvalue weighted by Gasteiger charge is -2.37. The van der Waals surface area contributed by atoms with Gasteiger partial charge in [-0.25, -0.2) is 18.4 Å². The number of alkyl halides is 3. The molecular formula is C26H31F5N4O6S. The number of carbonyl (C=O) groups excluding carboxylic acids is 2. The summed E-state index contributed by atoms with van der Waals surface area (Å²) >= 11 is 0. The van der Waals surface area contributed by atoms with Gasteiger partial charge in [0, 0.05) is 31.7 Å². The lowest BCUT2D eigenvalue weighted by molar-refractivity contribution is -0.270. The molecule has 0 spiro atoms. The van der Waals surface area contributed by atoms with Gasteiger partial charge in [0.15, 0.2) is 17.2 Å². The number of amides is 2. The summed E-state index contributed by atoms with van der Waals surface area (Å²) < 4.78 is 103. The van der Waals surface area contributed by atoms with Crippen molar-refractivity contribution in [2.24, 2.45) is 4.36 Å². The number of anilines is 2. The van der Waals surface area contributed by atoms with Gasteiger partial charge in [-0.2, -0.15) is 17.6 Å². The zero-order valence-corrected chi connectivity index (χ0v) is 24.7. The minimum atomic E-state index is -4.97. The SMILES string of the molecule is COc1c(N2[C@@H](C(=O)Nc3ccnc([S@@](C)(=O)=NC(=O)OC(C)(C)C)c3)C[C@](OC)(C(F)(F)F)[C@H]2C)ccc(F)c1F. The molecule has 1 aromatic carbocycles. The minimum Gasteiger partial charge on any atom is -0.491 e. The fraction of sp³-hybridized carbons (Fsp3) is 0.500. The molecule has 1 aliphatic heterocycles. The minimum absolute atomic E-state index is 0.0363. The number of rotatable bonds is 6. The average Bonchev–Trinajstić information content (AvgIpc) is 3.17. The third-order valence-corrected chi connectivity index (χ3v) is 8.11. The first-order valence-electron chi connectivity index (χ1n) is 12.4. The molecule has 0 unspecified atom stereocenters. The van der Waals surface area contributed by atoms with Crippen LogP contribution in [0.3, 0.4) is 0 Å². The first kappa shape index (κ1) is 33.0. The molecule has 2 heterocycles. The molecule has 16 heteroatoms. The van der Waals surface area contributed by atoms with Crippen LogP contribution in [0.1, 0.15) is 34.1 Å². The standard InChI is InChI=1S/C26H31F5N4O6S/c1-14-25(40-6,26(29,30)31)13-18(35(14)17-9-8-16(27)20(28)21(17)39-5)22(36)33-15-10-11-32-19(12-15)42(7,38)34-23(37)41-24(2,3)4/h8-12,14,18H,13H2,1-7H3,(H,32,33,36)/t14-,18-,25-,42-/m1/s1. The number of ether oxygens (including phenoxy) is 3. The Morgan fingerprint density at radius 2 is 1.81 bits per heavy atom. The quantitative estimate of drug-likeness (QED) is 0.431. The van der Waals surface area contributed by atoms with E-state index in [1.54, 1.807) is 20.8 Å². The smallest absolute Gasteiger partial charge is 0.442 e. The molecule has 0 bridgehead atoms. The van der Waals surface area contributed by atoms with Crippen LogP contribution in [0.15, 0.2) is 39.9 Å². The number of halogens is 5. The van der Waals surface area contributed by atoms with E-state index in [4.69, 9.17) is 14.2 Å². The number of methoxy groups -OCH3 is 2. The van der Waals surface area contributed by atoms with E-state index in [1.165, 1.54) is 6.07 Å². The van der Waals surface area contributed by atoms with Crippen molar-refractivity contribution in [3.05, 3.63) is 42.1 Å². The molecule has 2 aromatic rings. The molecule has 0 radical (unpaired) electrons. The summed E-state index contributed by atoms with van der Waals surface area (Å²) in [7, 11) is -1.62. The summed E-state index contributed by atoms with van der Waals surface area (Å²) in [6, 6.07) is 0.893. The van der Waals surface area contributed by atoms with Gasteiger partial charge < -0.3 is 24.4 Å². The van der Waals surface area contributed by atoms with Gasteiger partial charge in [-0.3, -0.25) is 4.79 Å². The van der Waals surface area contributed by atoms with E-state index in [9.17, 15) is 35.8 Å². The van der Waals surface area contributed by atoms with Crippen molar-refractivity contribution >= 4 is 33.1 Å². The lowest BCUT2D eigenvalue weighted by Crippen LogP contribution is -2.55. The number of hydrogen-bond acceptors (Lipinski definition) is 8. The Labute approximate surface area is 239 Å². The highest BCUT2D eigenvalue weighted by molar-refractivity contribution is 7.93. The van der Waals surface area contributed by atoms with Gasteiger partial charge in [-0.05, 0) is 52.0 Å². The molecule has 0 saturated carbocycles. The van der Waals surface area contributed by atoms with Crippen LogP contribution >= 0.6 is 0 Å². The van der Waals surface area contributed by atoms with Crippen molar-refractivity contribution < 1.29 is 50.0 Å². The number of benzene rings is 1. The molecule has 1 aliphatic rings. The van der Waals surface area contributed by atoms with Crippen molar-refractivity contribution in [3.63, 3.8) is 0 Å². The summed E-state index contributed by atoms with van der Waals surface area (Å²) in [5, 5.41) is 2.23. The van der Waals surface area contributed by atoms with Gasteiger partial charge in [-0.15, -0.1) is 4.36 Å². The summed E-state index contributed by atoms with van der Waals surface area (Å²) in [6.07, 6.45) is -4.72. The molecule has 4 atom stereocenters. The number of aromatic nitrogens is 1. The number of pyridine rings is 1. The zero-order chi connectivity index (χ0) is 31.8. The predicted molar refractivity (Wildman–Crippen MR) is 143 cm³/mol. The van der Waals surface area contributed by atoms with Gasteiger partial charge >= 0.3 is 12.3 Å². The normalized spacial score (nSPS) is 22.3. The Bertz CT molecular complexity index is 1490. The summed E-state index contributed by atoms with van der Waals surface area (Å²) in [5.74, 6) is -4.44. The van der Waals surface area contributed by atoms with Gasteiger partial charge in [-0.1, -0.05) is 0 Å². The van der Waals surface area contributed by atoms with Crippen LogP contribution in [0.5, 0.6) is 5.75 Å². The maximum absolute atomic E-state index is 14.6. The second-order valence-corrected chi connectivity index (χ2v) is 12.8. The van der Waals surface area contributed by atoms with E-state index in [0.29, 0.717) is 6.07 Å². The Hall–Kier alpha value is -3.53. The number of nitrogens with zero attached hydrogens (tertiary/aromatic N) is 3. The van der Waals surface area contributed by atoms with Crippen LogP contribution in [0.4, 0.5) is 38.1 Å². The number of carbonyl (C=O) groups is 2. The molecule has 1 saturated heterocycles. The Morgan fingerprint density at radius 3 is 2.36 bits per heavy atom. The summed E-state index contributed by atoms with van der Waals surface area (Å²) in [4.78, 5) is 30.6. The lowest BCUT2D eigenvalue weighted by atomic mass is 9.92. The first-order chi connectivity index (χ1) is 19.3. The van der Waals surface area contributed by atoms with E-state index in [1.807, 2.05) is 0 Å². The highest BCUT2D eigenvalue weighted by Gasteiger charge is 2.67. The van der Waals surface area contributed by atoms with Crippen molar-refractivity contribution in [3.8, 4) is 5.75 Å². The van der Waals surface area contributed by atoms with E-state index in [0.717, 1.165) is 50.6 Å².